The first kappa shape index (κ1) is 16.7. The summed E-state index contributed by atoms with van der Waals surface area (Å²) >= 11 is 0. The Labute approximate surface area is 138 Å². The zero-order valence-corrected chi connectivity index (χ0v) is 14.5. The molecule has 1 fully saturated rings. The number of rotatable bonds is 2. The molecule has 2 heterocycles. The monoisotopic (exact) mass is 321 g/mol. The highest BCUT2D eigenvalue weighted by atomic mass is 19.1. The Morgan fingerprint density at radius 2 is 2.04 bits per heavy atom. The number of hydrogen-bond acceptors (Lipinski definition) is 3. The van der Waals surface area contributed by atoms with Gasteiger partial charge in [0.05, 0.1) is 6.61 Å². The largest absolute Gasteiger partial charge is 0.467 e. The predicted molar refractivity (Wildman–Crippen MR) is 88.8 cm³/mol. The van der Waals surface area contributed by atoms with Gasteiger partial charge in [-0.15, -0.1) is 0 Å². The van der Waals surface area contributed by atoms with Crippen LogP contribution >= 0.6 is 0 Å². The smallest absolute Gasteiger partial charge is 0.189 e. The molecule has 1 atom stereocenters. The summed E-state index contributed by atoms with van der Waals surface area (Å²) in [6.07, 6.45) is 3.71. The van der Waals surface area contributed by atoms with Crippen LogP contribution in [0.3, 0.4) is 0 Å². The van der Waals surface area contributed by atoms with Gasteiger partial charge in [0.2, 0.25) is 0 Å². The van der Waals surface area contributed by atoms with Crippen molar-refractivity contribution in [3.05, 3.63) is 29.1 Å². The van der Waals surface area contributed by atoms with Crippen molar-refractivity contribution in [1.29, 1.82) is 0 Å². The van der Waals surface area contributed by atoms with Gasteiger partial charge >= 0.3 is 0 Å². The molecule has 0 spiro atoms. The van der Waals surface area contributed by atoms with Gasteiger partial charge in [0.25, 0.3) is 0 Å². The molecule has 23 heavy (non-hydrogen) atoms. The second-order valence-corrected chi connectivity index (χ2v) is 7.93. The minimum Gasteiger partial charge on any atom is -0.467 e. The quantitative estimate of drug-likeness (QED) is 0.809. The summed E-state index contributed by atoms with van der Waals surface area (Å²) in [7, 11) is 0. The maximum atomic E-state index is 13.9. The summed E-state index contributed by atoms with van der Waals surface area (Å²) < 4.78 is 24.8. The first-order valence-corrected chi connectivity index (χ1v) is 8.67. The standard InChI is InChI=1S/C19H28FNO2/c1-19(2,3)16-5-4-7-21(8-6-16)11-14-9-17(20)10-15-12-22-13-23-18(14)15/h9-10,16H,4-8,11-13H2,1-3H3. The van der Waals surface area contributed by atoms with E-state index in [-0.39, 0.29) is 12.6 Å². The number of hydrogen-bond donors (Lipinski definition) is 0. The van der Waals surface area contributed by atoms with Crippen molar-refractivity contribution in [2.75, 3.05) is 19.9 Å². The summed E-state index contributed by atoms with van der Waals surface area (Å²) in [5.41, 5.74) is 2.15. The van der Waals surface area contributed by atoms with Crippen LogP contribution in [0.25, 0.3) is 0 Å². The minimum absolute atomic E-state index is 0.199. The maximum absolute atomic E-state index is 13.9. The van der Waals surface area contributed by atoms with Crippen LogP contribution < -0.4 is 4.74 Å². The van der Waals surface area contributed by atoms with E-state index in [4.69, 9.17) is 9.47 Å². The molecular formula is C19H28FNO2. The van der Waals surface area contributed by atoms with Crippen molar-refractivity contribution in [3.8, 4) is 5.75 Å². The Bertz CT molecular complexity index is 553. The number of ether oxygens (including phenoxy) is 2. The van der Waals surface area contributed by atoms with Crippen LogP contribution in [0.4, 0.5) is 4.39 Å². The van der Waals surface area contributed by atoms with Gasteiger partial charge in [-0.1, -0.05) is 20.8 Å². The van der Waals surface area contributed by atoms with Crippen LogP contribution in [0, 0.1) is 17.2 Å². The second kappa shape index (κ2) is 6.78. The maximum Gasteiger partial charge on any atom is 0.189 e. The fourth-order valence-corrected chi connectivity index (χ4v) is 3.80. The van der Waals surface area contributed by atoms with Gasteiger partial charge < -0.3 is 9.47 Å². The molecule has 0 amide bonds. The van der Waals surface area contributed by atoms with E-state index in [1.165, 1.54) is 25.3 Å². The Hall–Kier alpha value is -1.13. The van der Waals surface area contributed by atoms with Crippen molar-refractivity contribution >= 4 is 0 Å². The van der Waals surface area contributed by atoms with E-state index in [1.54, 1.807) is 6.07 Å². The van der Waals surface area contributed by atoms with Crippen molar-refractivity contribution in [2.45, 2.75) is 53.2 Å². The lowest BCUT2D eigenvalue weighted by molar-refractivity contribution is -0.0177. The Kier molecular flexibility index (Phi) is 4.93. The van der Waals surface area contributed by atoms with E-state index in [1.807, 2.05) is 0 Å². The molecule has 2 aliphatic heterocycles. The summed E-state index contributed by atoms with van der Waals surface area (Å²) in [5.74, 6) is 1.39. The number of fused-ring (bicyclic) bond motifs is 1. The molecule has 0 aliphatic carbocycles. The van der Waals surface area contributed by atoms with Gasteiger partial charge in [-0.25, -0.2) is 4.39 Å². The van der Waals surface area contributed by atoms with Crippen LogP contribution in [0.5, 0.6) is 5.75 Å². The van der Waals surface area contributed by atoms with Gasteiger partial charge in [-0.2, -0.15) is 0 Å². The number of nitrogens with zero attached hydrogens (tertiary/aromatic N) is 1. The lowest BCUT2D eigenvalue weighted by Crippen LogP contribution is -2.27. The Balaban J connectivity index is 1.71. The van der Waals surface area contributed by atoms with Crippen LogP contribution in [0.1, 0.15) is 51.2 Å². The number of halogens is 1. The van der Waals surface area contributed by atoms with Crippen molar-refractivity contribution < 1.29 is 13.9 Å². The number of likely N-dealkylation sites (tertiary alicyclic amines) is 1. The molecule has 0 N–H and O–H groups in total. The molecule has 1 aromatic carbocycles. The minimum atomic E-state index is -0.199. The molecule has 3 rings (SSSR count). The number of benzene rings is 1. The van der Waals surface area contributed by atoms with Gasteiger partial charge in [-0.3, -0.25) is 4.90 Å². The van der Waals surface area contributed by atoms with Crippen molar-refractivity contribution in [3.63, 3.8) is 0 Å². The topological polar surface area (TPSA) is 21.7 Å². The molecule has 0 bridgehead atoms. The molecule has 2 aliphatic rings. The summed E-state index contributed by atoms with van der Waals surface area (Å²) in [6.45, 7) is 10.6. The van der Waals surface area contributed by atoms with Gasteiger partial charge in [0.15, 0.2) is 6.79 Å². The van der Waals surface area contributed by atoms with Gasteiger partial charge in [0, 0.05) is 17.7 Å². The van der Waals surface area contributed by atoms with Crippen LogP contribution in [0.15, 0.2) is 12.1 Å². The fourth-order valence-electron chi connectivity index (χ4n) is 3.80. The molecule has 0 radical (unpaired) electrons. The molecule has 4 heteroatoms. The molecule has 1 saturated heterocycles. The highest BCUT2D eigenvalue weighted by molar-refractivity contribution is 5.42. The zero-order valence-electron chi connectivity index (χ0n) is 14.5. The average Bonchev–Trinajstić information content (AvgIpc) is 2.72. The van der Waals surface area contributed by atoms with E-state index in [0.29, 0.717) is 12.0 Å². The average molecular weight is 321 g/mol. The van der Waals surface area contributed by atoms with Gasteiger partial charge in [0.1, 0.15) is 11.6 Å². The predicted octanol–water partition coefficient (Wildman–Crippen LogP) is 4.34. The van der Waals surface area contributed by atoms with Crippen molar-refractivity contribution in [2.24, 2.45) is 11.3 Å². The molecule has 3 nitrogen and oxygen atoms in total. The molecule has 0 saturated carbocycles. The third-order valence-corrected chi connectivity index (χ3v) is 5.19. The molecule has 128 valence electrons. The molecular weight excluding hydrogens is 293 g/mol. The summed E-state index contributed by atoms with van der Waals surface area (Å²) in [4.78, 5) is 2.44. The lowest BCUT2D eigenvalue weighted by atomic mass is 9.77. The SMILES string of the molecule is CC(C)(C)C1CCCN(Cc2cc(F)cc3c2OCOC3)CC1. The molecule has 1 aromatic rings. The highest BCUT2D eigenvalue weighted by Crippen LogP contribution is 2.35. The van der Waals surface area contributed by atoms with Crippen molar-refractivity contribution in [1.82, 2.24) is 4.90 Å². The molecule has 0 aromatic heterocycles. The third kappa shape index (κ3) is 4.04. The summed E-state index contributed by atoms with van der Waals surface area (Å²) in [5, 5.41) is 0. The summed E-state index contributed by atoms with van der Waals surface area (Å²) in [6, 6.07) is 3.15. The third-order valence-electron chi connectivity index (χ3n) is 5.19. The van der Waals surface area contributed by atoms with Crippen LogP contribution in [0.2, 0.25) is 0 Å². The fraction of sp³-hybridized carbons (Fsp3) is 0.684. The van der Waals surface area contributed by atoms with Crippen LogP contribution in [-0.4, -0.2) is 24.8 Å². The zero-order chi connectivity index (χ0) is 16.4. The van der Waals surface area contributed by atoms with E-state index in [2.05, 4.69) is 25.7 Å². The van der Waals surface area contributed by atoms with E-state index >= 15 is 0 Å². The van der Waals surface area contributed by atoms with Gasteiger partial charge in [-0.05, 0) is 55.8 Å². The first-order chi connectivity index (χ1) is 10.9. The van der Waals surface area contributed by atoms with E-state index in [0.717, 1.165) is 42.4 Å². The molecule has 1 unspecified atom stereocenters. The normalized spacial score (nSPS) is 23.0. The Morgan fingerprint density at radius 1 is 1.22 bits per heavy atom. The van der Waals surface area contributed by atoms with E-state index in [9.17, 15) is 4.39 Å². The lowest BCUT2D eigenvalue weighted by Gasteiger charge is -2.30. The van der Waals surface area contributed by atoms with Crippen LogP contribution in [-0.2, 0) is 17.9 Å². The Morgan fingerprint density at radius 3 is 2.83 bits per heavy atom. The second-order valence-electron chi connectivity index (χ2n) is 7.93. The highest BCUT2D eigenvalue weighted by Gasteiger charge is 2.27. The first-order valence-electron chi connectivity index (χ1n) is 8.67. The van der Waals surface area contributed by atoms with E-state index < -0.39 is 0 Å².